The van der Waals surface area contributed by atoms with Gasteiger partial charge in [-0.3, -0.25) is 0 Å². The molecule has 2 heterocycles. The van der Waals surface area contributed by atoms with Crippen LogP contribution in [-0.4, -0.2) is 15.0 Å². The van der Waals surface area contributed by atoms with Gasteiger partial charge >= 0.3 is 0 Å². The van der Waals surface area contributed by atoms with Gasteiger partial charge in [0.2, 0.25) is 0 Å². The molecule has 110 valence electrons. The van der Waals surface area contributed by atoms with Crippen LogP contribution >= 0.6 is 79.7 Å². The fourth-order valence-electron chi connectivity index (χ4n) is 2.43. The first kappa shape index (κ1) is 15.4. The molecule has 0 radical (unpaired) electrons. The SMILES string of the molecule is Clc1cc(-c2cc(Cl)cc3[nH]c(I)nc23)c2sc(I)nc2c1. The van der Waals surface area contributed by atoms with Crippen molar-refractivity contribution in [1.29, 1.82) is 0 Å². The predicted octanol–water partition coefficient (Wildman–Crippen LogP) is 6.36. The second-order valence-corrected chi connectivity index (χ2v) is 9.29. The maximum absolute atomic E-state index is 6.28. The zero-order chi connectivity index (χ0) is 15.4. The monoisotopic (exact) mass is 571 g/mol. The van der Waals surface area contributed by atoms with Crippen molar-refractivity contribution in [2.45, 2.75) is 0 Å². The van der Waals surface area contributed by atoms with Crippen LogP contribution in [0.4, 0.5) is 0 Å². The van der Waals surface area contributed by atoms with E-state index in [2.05, 4.69) is 60.1 Å². The standard InChI is InChI=1S/C14H5Cl2I2N3S/c15-5-1-7(11-9(3-5)19-13(17)21-11)8-2-6(16)4-10-12(8)22-14(18)20-10/h1-4H,(H,19,21). The zero-order valence-corrected chi connectivity index (χ0v) is 17.3. The van der Waals surface area contributed by atoms with Crippen LogP contribution in [0.25, 0.3) is 32.4 Å². The second kappa shape index (κ2) is 5.73. The van der Waals surface area contributed by atoms with E-state index in [1.807, 2.05) is 24.3 Å². The van der Waals surface area contributed by atoms with E-state index in [1.165, 1.54) is 0 Å². The topological polar surface area (TPSA) is 41.6 Å². The molecule has 3 nitrogen and oxygen atoms in total. The number of aromatic nitrogens is 3. The highest BCUT2D eigenvalue weighted by molar-refractivity contribution is 14.1. The van der Waals surface area contributed by atoms with Crippen molar-refractivity contribution < 1.29 is 0 Å². The molecular weight excluding hydrogens is 567 g/mol. The Morgan fingerprint density at radius 1 is 0.955 bits per heavy atom. The number of benzene rings is 2. The highest BCUT2D eigenvalue weighted by Gasteiger charge is 2.16. The summed E-state index contributed by atoms with van der Waals surface area (Å²) in [5.41, 5.74) is 4.68. The first-order chi connectivity index (χ1) is 10.5. The Morgan fingerprint density at radius 2 is 1.68 bits per heavy atom. The molecule has 0 spiro atoms. The summed E-state index contributed by atoms with van der Waals surface area (Å²) in [6, 6.07) is 7.64. The van der Waals surface area contributed by atoms with E-state index >= 15 is 0 Å². The van der Waals surface area contributed by atoms with Gasteiger partial charge in [0.05, 0.1) is 21.3 Å². The van der Waals surface area contributed by atoms with Crippen molar-refractivity contribution in [3.8, 4) is 11.1 Å². The molecule has 0 fully saturated rings. The molecule has 0 amide bonds. The quantitative estimate of drug-likeness (QED) is 0.270. The lowest BCUT2D eigenvalue weighted by atomic mass is 10.0. The third kappa shape index (κ3) is 2.62. The first-order valence-corrected chi connectivity index (χ1v) is 9.85. The zero-order valence-electron chi connectivity index (χ0n) is 10.6. The number of halogens is 4. The predicted molar refractivity (Wildman–Crippen MR) is 110 cm³/mol. The van der Waals surface area contributed by atoms with Crippen LogP contribution in [0.2, 0.25) is 10.0 Å². The number of imidazole rings is 1. The minimum absolute atomic E-state index is 0.655. The molecule has 2 aromatic carbocycles. The lowest BCUT2D eigenvalue weighted by Crippen LogP contribution is -1.83. The van der Waals surface area contributed by atoms with E-state index in [9.17, 15) is 0 Å². The summed E-state index contributed by atoms with van der Waals surface area (Å²) < 4.78 is 2.90. The molecule has 22 heavy (non-hydrogen) atoms. The van der Waals surface area contributed by atoms with Crippen molar-refractivity contribution in [3.05, 3.63) is 41.2 Å². The summed E-state index contributed by atoms with van der Waals surface area (Å²) in [4.78, 5) is 12.3. The number of nitrogens with zero attached hydrogens (tertiary/aromatic N) is 2. The molecule has 0 saturated carbocycles. The number of nitrogens with one attached hydrogen (secondary N) is 1. The lowest BCUT2D eigenvalue weighted by molar-refractivity contribution is 1.26. The molecule has 0 saturated heterocycles. The van der Waals surface area contributed by atoms with E-state index in [1.54, 1.807) is 11.3 Å². The van der Waals surface area contributed by atoms with Crippen LogP contribution in [0.1, 0.15) is 0 Å². The van der Waals surface area contributed by atoms with E-state index in [0.717, 1.165) is 39.2 Å². The summed E-state index contributed by atoms with van der Waals surface area (Å²) in [5.74, 6) is 0. The van der Waals surface area contributed by atoms with Crippen molar-refractivity contribution in [1.82, 2.24) is 15.0 Å². The van der Waals surface area contributed by atoms with Crippen molar-refractivity contribution in [3.63, 3.8) is 0 Å². The summed E-state index contributed by atoms with van der Waals surface area (Å²) in [6.45, 7) is 0. The Morgan fingerprint density at radius 3 is 2.50 bits per heavy atom. The van der Waals surface area contributed by atoms with Crippen LogP contribution in [0.15, 0.2) is 24.3 Å². The number of aromatic amines is 1. The summed E-state index contributed by atoms with van der Waals surface area (Å²) in [7, 11) is 0. The third-order valence-electron chi connectivity index (χ3n) is 3.24. The van der Waals surface area contributed by atoms with Crippen molar-refractivity contribution in [2.24, 2.45) is 0 Å². The van der Waals surface area contributed by atoms with E-state index in [-0.39, 0.29) is 0 Å². The lowest BCUT2D eigenvalue weighted by Gasteiger charge is -2.06. The molecule has 4 rings (SSSR count). The summed E-state index contributed by atoms with van der Waals surface area (Å²) in [5, 5.41) is 1.32. The summed E-state index contributed by atoms with van der Waals surface area (Å²) >= 11 is 18.6. The van der Waals surface area contributed by atoms with Gasteiger partial charge in [-0.25, -0.2) is 9.97 Å². The number of thiazole rings is 1. The highest BCUT2D eigenvalue weighted by Crippen LogP contribution is 2.39. The molecule has 0 aliphatic rings. The highest BCUT2D eigenvalue weighted by atomic mass is 127. The molecule has 0 aliphatic carbocycles. The molecule has 1 N–H and O–H groups in total. The van der Waals surface area contributed by atoms with E-state index in [4.69, 9.17) is 23.2 Å². The van der Waals surface area contributed by atoms with Crippen LogP contribution in [-0.2, 0) is 0 Å². The van der Waals surface area contributed by atoms with Gasteiger partial charge in [0.1, 0.15) is 0 Å². The number of fused-ring (bicyclic) bond motifs is 2. The van der Waals surface area contributed by atoms with Gasteiger partial charge in [0.15, 0.2) is 6.85 Å². The second-order valence-electron chi connectivity index (χ2n) is 4.65. The molecule has 0 atom stereocenters. The molecule has 0 unspecified atom stereocenters. The van der Waals surface area contributed by atoms with Crippen molar-refractivity contribution >= 4 is 101 Å². The maximum Gasteiger partial charge on any atom is 0.169 e. The Hall–Kier alpha value is -0.160. The minimum atomic E-state index is 0.655. The van der Waals surface area contributed by atoms with Gasteiger partial charge in [0.25, 0.3) is 0 Å². The van der Waals surface area contributed by atoms with E-state index in [0.29, 0.717) is 10.0 Å². The smallest absolute Gasteiger partial charge is 0.169 e. The Balaban J connectivity index is 2.15. The number of hydrogen-bond donors (Lipinski definition) is 1. The van der Waals surface area contributed by atoms with Gasteiger partial charge in [-0.05, 0) is 69.4 Å². The molecule has 4 aromatic rings. The largest absolute Gasteiger partial charge is 0.333 e. The molecule has 0 aliphatic heterocycles. The Bertz CT molecular complexity index is 958. The molecule has 2 aromatic heterocycles. The molecular formula is C14H5Cl2I2N3S. The Kier molecular flexibility index (Phi) is 4.00. The summed E-state index contributed by atoms with van der Waals surface area (Å²) in [6.07, 6.45) is 0. The normalized spacial score (nSPS) is 11.6. The average Bonchev–Trinajstić information content (AvgIpc) is 2.97. The van der Waals surface area contributed by atoms with Crippen LogP contribution in [0.3, 0.4) is 0 Å². The third-order valence-corrected chi connectivity index (χ3v) is 5.98. The number of rotatable bonds is 1. The fourth-order valence-corrected chi connectivity index (χ4v) is 5.11. The molecule has 0 bridgehead atoms. The van der Waals surface area contributed by atoms with E-state index < -0.39 is 0 Å². The minimum Gasteiger partial charge on any atom is -0.333 e. The van der Waals surface area contributed by atoms with Gasteiger partial charge in [0, 0.05) is 21.2 Å². The van der Waals surface area contributed by atoms with Gasteiger partial charge < -0.3 is 4.98 Å². The van der Waals surface area contributed by atoms with Gasteiger partial charge in [-0.2, -0.15) is 0 Å². The maximum atomic E-state index is 6.28. The molecule has 8 heteroatoms. The van der Waals surface area contributed by atoms with Gasteiger partial charge in [-0.1, -0.05) is 23.2 Å². The average molecular weight is 572 g/mol. The van der Waals surface area contributed by atoms with Gasteiger partial charge in [-0.15, -0.1) is 11.3 Å². The fraction of sp³-hybridized carbons (Fsp3) is 0. The van der Waals surface area contributed by atoms with Crippen molar-refractivity contribution in [2.75, 3.05) is 0 Å². The Labute approximate surface area is 166 Å². The number of hydrogen-bond acceptors (Lipinski definition) is 3. The van der Waals surface area contributed by atoms with Crippen LogP contribution < -0.4 is 0 Å². The first-order valence-electron chi connectivity index (χ1n) is 6.12. The van der Waals surface area contributed by atoms with Crippen LogP contribution in [0, 0.1) is 6.85 Å². The van der Waals surface area contributed by atoms with Crippen LogP contribution in [0.5, 0.6) is 0 Å². The number of H-pyrrole nitrogens is 1.